The van der Waals surface area contributed by atoms with Gasteiger partial charge in [0.2, 0.25) is 0 Å². The van der Waals surface area contributed by atoms with Gasteiger partial charge in [-0.1, -0.05) is 25.3 Å². The van der Waals surface area contributed by atoms with Gasteiger partial charge in [0.15, 0.2) is 11.6 Å². The number of ether oxygens (including phenoxy) is 1. The zero-order valence-electron chi connectivity index (χ0n) is 10.6. The number of phenolic OH excluding ortho intramolecular Hbond substituents is 1. The van der Waals surface area contributed by atoms with Crippen molar-refractivity contribution in [3.63, 3.8) is 0 Å². The molecular weight excluding hydrogens is 256 g/mol. The maximum Gasteiger partial charge on any atom is 0.174 e. The summed E-state index contributed by atoms with van der Waals surface area (Å²) in [5, 5.41) is 9.90. The second kappa shape index (κ2) is 3.46. The van der Waals surface area contributed by atoms with Crippen molar-refractivity contribution in [2.75, 3.05) is 0 Å². The van der Waals surface area contributed by atoms with Crippen molar-refractivity contribution in [2.24, 2.45) is 11.8 Å². The lowest BCUT2D eigenvalue weighted by Crippen LogP contribution is -2.44. The summed E-state index contributed by atoms with van der Waals surface area (Å²) < 4.78 is 5.73. The Morgan fingerprint density at radius 1 is 1.00 bits per heavy atom. The van der Waals surface area contributed by atoms with Gasteiger partial charge in [0, 0.05) is 5.56 Å². The third-order valence-electron chi connectivity index (χ3n) is 4.59. The van der Waals surface area contributed by atoms with Gasteiger partial charge in [-0.05, 0) is 17.2 Å². The summed E-state index contributed by atoms with van der Waals surface area (Å²) >= 11 is 0. The molecule has 0 amide bonds. The summed E-state index contributed by atoms with van der Waals surface area (Å²) in [7, 11) is 0. The first-order chi connectivity index (χ1) is 9.52. The zero-order chi connectivity index (χ0) is 14.2. The highest BCUT2D eigenvalue weighted by molar-refractivity contribution is 6.18. The van der Waals surface area contributed by atoms with Gasteiger partial charge < -0.3 is 9.84 Å². The molecule has 0 unspecified atom stereocenters. The fraction of sp³-hybridized carbons (Fsp3) is 0.250. The van der Waals surface area contributed by atoms with Crippen molar-refractivity contribution in [1.82, 2.24) is 0 Å². The van der Waals surface area contributed by atoms with Crippen LogP contribution in [-0.2, 0) is 4.74 Å². The first-order valence-corrected chi connectivity index (χ1v) is 6.46. The minimum absolute atomic E-state index is 0.119. The fourth-order valence-electron chi connectivity index (χ4n) is 3.62. The molecule has 0 spiro atoms. The lowest BCUT2D eigenvalue weighted by molar-refractivity contribution is 0.0743. The Bertz CT molecular complexity index is 715. The molecule has 0 aromatic heterocycles. The molecule has 1 aliphatic carbocycles. The first kappa shape index (κ1) is 11.6. The van der Waals surface area contributed by atoms with Gasteiger partial charge in [0.1, 0.15) is 5.75 Å². The lowest BCUT2D eigenvalue weighted by Gasteiger charge is -2.32. The molecule has 4 rings (SSSR count). The van der Waals surface area contributed by atoms with Crippen LogP contribution in [0.2, 0.25) is 0 Å². The van der Waals surface area contributed by atoms with E-state index in [2.05, 4.69) is 13.2 Å². The Hall–Kier alpha value is -2.20. The van der Waals surface area contributed by atoms with Crippen molar-refractivity contribution in [3.8, 4) is 5.75 Å². The number of benzene rings is 1. The summed E-state index contributed by atoms with van der Waals surface area (Å²) in [6.07, 6.45) is -0.939. The number of phenols is 1. The molecule has 1 N–H and O–H groups in total. The number of ketones is 2. The normalized spacial score (nSPS) is 34.4. The van der Waals surface area contributed by atoms with E-state index in [9.17, 15) is 14.7 Å². The molecule has 0 saturated carbocycles. The van der Waals surface area contributed by atoms with E-state index in [4.69, 9.17) is 4.74 Å². The third kappa shape index (κ3) is 1.11. The van der Waals surface area contributed by atoms with E-state index in [1.165, 1.54) is 6.07 Å². The van der Waals surface area contributed by atoms with Crippen molar-refractivity contribution < 1.29 is 19.4 Å². The number of Topliss-reactive ketones (excluding diaryl/α,β-unsaturated/α-hetero) is 2. The van der Waals surface area contributed by atoms with Crippen molar-refractivity contribution in [3.05, 3.63) is 53.6 Å². The van der Waals surface area contributed by atoms with Gasteiger partial charge in [-0.3, -0.25) is 9.59 Å². The summed E-state index contributed by atoms with van der Waals surface area (Å²) in [6.45, 7) is 7.80. The quantitative estimate of drug-likeness (QED) is 0.780. The Morgan fingerprint density at radius 3 is 2.25 bits per heavy atom. The van der Waals surface area contributed by atoms with E-state index in [-0.39, 0.29) is 28.4 Å². The SMILES string of the molecule is C=C1C(=C)[C@@H]2O[C@H]1[C@H]1C(=O)c3cccc(O)c3C(=O)[C@H]12. The molecule has 2 aliphatic heterocycles. The predicted molar refractivity (Wildman–Crippen MR) is 70.7 cm³/mol. The average molecular weight is 268 g/mol. The maximum atomic E-state index is 12.6. The Balaban J connectivity index is 1.95. The van der Waals surface area contributed by atoms with Crippen LogP contribution in [0.25, 0.3) is 0 Å². The second-order valence-electron chi connectivity index (χ2n) is 5.51. The van der Waals surface area contributed by atoms with Crippen LogP contribution in [-0.4, -0.2) is 28.9 Å². The largest absolute Gasteiger partial charge is 0.507 e. The highest BCUT2D eigenvalue weighted by Crippen LogP contribution is 2.53. The monoisotopic (exact) mass is 268 g/mol. The number of rotatable bonds is 0. The Morgan fingerprint density at radius 2 is 1.60 bits per heavy atom. The first-order valence-electron chi connectivity index (χ1n) is 6.46. The Kier molecular flexibility index (Phi) is 2.01. The van der Waals surface area contributed by atoms with Crippen molar-refractivity contribution in [1.29, 1.82) is 0 Å². The second-order valence-corrected chi connectivity index (χ2v) is 5.51. The molecule has 2 heterocycles. The van der Waals surface area contributed by atoms with Crippen LogP contribution >= 0.6 is 0 Å². The van der Waals surface area contributed by atoms with Crippen molar-refractivity contribution in [2.45, 2.75) is 12.2 Å². The van der Waals surface area contributed by atoms with Crippen LogP contribution in [0.3, 0.4) is 0 Å². The van der Waals surface area contributed by atoms with E-state index in [0.29, 0.717) is 11.1 Å². The third-order valence-corrected chi connectivity index (χ3v) is 4.59. The van der Waals surface area contributed by atoms with Crippen LogP contribution in [0.4, 0.5) is 0 Å². The Labute approximate surface area is 115 Å². The van der Waals surface area contributed by atoms with Gasteiger partial charge in [0.05, 0.1) is 29.6 Å². The predicted octanol–water partition coefficient (Wildman–Crippen LogP) is 1.90. The molecule has 4 atom stereocenters. The molecule has 4 heteroatoms. The molecule has 2 saturated heterocycles. The number of hydrogen-bond donors (Lipinski definition) is 1. The van der Waals surface area contributed by atoms with Gasteiger partial charge in [-0.15, -0.1) is 0 Å². The minimum Gasteiger partial charge on any atom is -0.507 e. The molecule has 4 nitrogen and oxygen atoms in total. The number of carbonyl (C=O) groups excluding carboxylic acids is 2. The smallest absolute Gasteiger partial charge is 0.174 e. The van der Waals surface area contributed by atoms with Gasteiger partial charge in [-0.25, -0.2) is 0 Å². The maximum absolute atomic E-state index is 12.6. The molecule has 0 radical (unpaired) electrons. The van der Waals surface area contributed by atoms with E-state index >= 15 is 0 Å². The topological polar surface area (TPSA) is 63.6 Å². The molecule has 2 fully saturated rings. The van der Waals surface area contributed by atoms with Gasteiger partial charge >= 0.3 is 0 Å². The number of hydrogen-bond acceptors (Lipinski definition) is 4. The summed E-state index contributed by atoms with van der Waals surface area (Å²) in [5.74, 6) is -1.64. The number of aromatic hydroxyl groups is 1. The molecule has 3 aliphatic rings. The number of carbonyl (C=O) groups is 2. The van der Waals surface area contributed by atoms with Crippen LogP contribution in [0.1, 0.15) is 20.7 Å². The number of fused-ring (bicyclic) bond motifs is 6. The molecule has 100 valence electrons. The molecule has 1 aromatic carbocycles. The minimum atomic E-state index is -0.578. The van der Waals surface area contributed by atoms with Crippen LogP contribution < -0.4 is 0 Å². The van der Waals surface area contributed by atoms with E-state index < -0.39 is 24.0 Å². The molecular formula is C16H12O4. The highest BCUT2D eigenvalue weighted by atomic mass is 16.5. The van der Waals surface area contributed by atoms with E-state index in [1.54, 1.807) is 12.1 Å². The summed E-state index contributed by atoms with van der Waals surface area (Å²) in [5.41, 5.74) is 1.80. The summed E-state index contributed by atoms with van der Waals surface area (Å²) in [6, 6.07) is 4.57. The van der Waals surface area contributed by atoms with Crippen LogP contribution in [0.15, 0.2) is 42.5 Å². The zero-order valence-corrected chi connectivity index (χ0v) is 10.6. The lowest BCUT2D eigenvalue weighted by atomic mass is 9.65. The van der Waals surface area contributed by atoms with E-state index in [1.807, 2.05) is 0 Å². The molecule has 20 heavy (non-hydrogen) atoms. The standard InChI is InChI=1S/C16H12O4/c1-6-7(2)16-12-11(15(6)20-16)13(18)8-4-3-5-9(17)10(8)14(12)19/h3-5,11-12,15-17H,1-2H2/t11-,12+,15-,16+/m1/s1. The summed E-state index contributed by atoms with van der Waals surface area (Å²) in [4.78, 5) is 25.3. The average Bonchev–Trinajstić information content (AvgIpc) is 2.94. The van der Waals surface area contributed by atoms with Crippen LogP contribution in [0.5, 0.6) is 5.75 Å². The van der Waals surface area contributed by atoms with Gasteiger partial charge in [-0.2, -0.15) is 0 Å². The molecule has 1 aromatic rings. The van der Waals surface area contributed by atoms with Crippen molar-refractivity contribution >= 4 is 11.6 Å². The highest BCUT2D eigenvalue weighted by Gasteiger charge is 2.61. The fourth-order valence-corrected chi connectivity index (χ4v) is 3.62. The van der Waals surface area contributed by atoms with Gasteiger partial charge in [0.25, 0.3) is 0 Å². The van der Waals surface area contributed by atoms with Crippen LogP contribution in [0, 0.1) is 11.8 Å². The molecule has 2 bridgehead atoms. The van der Waals surface area contributed by atoms with E-state index in [0.717, 1.165) is 0 Å².